The van der Waals surface area contributed by atoms with E-state index in [0.29, 0.717) is 0 Å². The molecule has 50 heavy (non-hydrogen) atoms. The van der Waals surface area contributed by atoms with Crippen LogP contribution in [0.25, 0.3) is 67.0 Å². The minimum absolute atomic E-state index is 0. The van der Waals surface area contributed by atoms with Crippen LogP contribution in [0.3, 0.4) is 0 Å². The molecule has 0 aliphatic carbocycles. The Morgan fingerprint density at radius 2 is 0.720 bits per heavy atom. The van der Waals surface area contributed by atoms with Crippen molar-refractivity contribution in [1.29, 1.82) is 0 Å². The minimum Gasteiger partial charge on any atom is -0.536 e. The zero-order valence-electron chi connectivity index (χ0n) is 26.2. The summed E-state index contributed by atoms with van der Waals surface area (Å²) in [6.45, 7) is 0. The smallest absolute Gasteiger partial charge is 0.536 e. The number of nitrogens with zero attached hydrogens (tertiary/aromatic N) is 4. The van der Waals surface area contributed by atoms with Crippen LogP contribution in [0.15, 0.2) is 167 Å². The van der Waals surface area contributed by atoms with Gasteiger partial charge in [-0.25, -0.2) is 0 Å². The standard InChI is InChI=1S/2C16H11N2.C10H4O2.2Pt/c2*1-3-10-17-15(8-1)13-6-5-7-14(12-13)16-9-2-4-11-18-16;1-3-11-9-6-10-8(2-4-12-10)5-7(1)9;;/h2*1-11H;3-6H;;/q2*-1;-2;2*+2. The summed E-state index contributed by atoms with van der Waals surface area (Å²) in [5.41, 5.74) is 9.24. The molecule has 9 rings (SSSR count). The van der Waals surface area contributed by atoms with Gasteiger partial charge in [-0.1, -0.05) is 76.9 Å². The van der Waals surface area contributed by atoms with E-state index in [-0.39, 0.29) is 42.1 Å². The Hall–Kier alpha value is -5.28. The van der Waals surface area contributed by atoms with Gasteiger partial charge in [-0.15, -0.1) is 60.7 Å². The van der Waals surface area contributed by atoms with Gasteiger partial charge in [0.05, 0.1) is 0 Å². The number of rotatable bonds is 4. The number of hydrogen-bond donors (Lipinski definition) is 0. The first-order valence-corrected chi connectivity index (χ1v) is 15.2. The molecular formula is C42H26N4O2Pt2. The van der Waals surface area contributed by atoms with Crippen LogP contribution < -0.4 is 0 Å². The summed E-state index contributed by atoms with van der Waals surface area (Å²) in [6, 6.07) is 51.9. The van der Waals surface area contributed by atoms with Gasteiger partial charge in [0.25, 0.3) is 0 Å². The van der Waals surface area contributed by atoms with Gasteiger partial charge in [0.1, 0.15) is 0 Å². The first-order valence-electron chi connectivity index (χ1n) is 15.2. The van der Waals surface area contributed by atoms with Crippen molar-refractivity contribution >= 4 is 21.9 Å². The first kappa shape index (κ1) is 36.0. The fourth-order valence-corrected chi connectivity index (χ4v) is 4.92. The van der Waals surface area contributed by atoms with E-state index in [1.165, 1.54) is 0 Å². The molecule has 6 heterocycles. The summed E-state index contributed by atoms with van der Waals surface area (Å²) in [5.74, 6) is 0. The molecule has 0 amide bonds. The van der Waals surface area contributed by atoms with E-state index in [9.17, 15) is 0 Å². The number of benzene rings is 3. The molecule has 0 spiro atoms. The summed E-state index contributed by atoms with van der Waals surface area (Å²) in [4.78, 5) is 17.3. The van der Waals surface area contributed by atoms with Gasteiger partial charge in [-0.3, -0.25) is 19.9 Å². The molecule has 0 saturated heterocycles. The van der Waals surface area contributed by atoms with Crippen LogP contribution in [0.2, 0.25) is 0 Å². The monoisotopic (exact) mass is 1010 g/mol. The SMILES string of the molecule is [Pt+2].[Pt+2].[c-]1c(-c2ccccn2)cccc1-c1ccccn1.[c-]1c(-c2ccccn2)cccc1-c1ccccn1.[c-]1coc2cc3oc[c-]c3cc12. The Bertz CT molecular complexity index is 2030. The van der Waals surface area contributed by atoms with E-state index in [4.69, 9.17) is 8.83 Å². The van der Waals surface area contributed by atoms with Crippen LogP contribution in [0.4, 0.5) is 0 Å². The van der Waals surface area contributed by atoms with Gasteiger partial charge in [-0.05, 0) is 24.3 Å². The summed E-state index contributed by atoms with van der Waals surface area (Å²) in [5, 5.41) is 1.92. The van der Waals surface area contributed by atoms with E-state index < -0.39 is 0 Å². The third-order valence-corrected chi connectivity index (χ3v) is 7.24. The van der Waals surface area contributed by atoms with E-state index in [1.54, 1.807) is 37.3 Å². The van der Waals surface area contributed by atoms with Crippen LogP contribution in [-0.4, -0.2) is 19.9 Å². The average molecular weight is 1010 g/mol. The average Bonchev–Trinajstić information content (AvgIpc) is 3.85. The Kier molecular flexibility index (Phi) is 12.9. The molecule has 0 radical (unpaired) electrons. The molecule has 0 aliphatic rings. The maximum Gasteiger partial charge on any atom is 2.00 e. The summed E-state index contributed by atoms with van der Waals surface area (Å²) in [6.07, 6.45) is 10.2. The fraction of sp³-hybridized carbons (Fsp3) is 0. The maximum absolute atomic E-state index is 5.17. The van der Waals surface area contributed by atoms with Crippen molar-refractivity contribution in [3.05, 3.63) is 183 Å². The Morgan fingerprint density at radius 1 is 0.380 bits per heavy atom. The molecule has 0 bridgehead atoms. The van der Waals surface area contributed by atoms with Gasteiger partial charge in [0.2, 0.25) is 0 Å². The molecule has 0 atom stereocenters. The molecule has 9 aromatic rings. The molecule has 6 nitrogen and oxygen atoms in total. The first-order chi connectivity index (χ1) is 23.8. The van der Waals surface area contributed by atoms with Crippen LogP contribution in [0.5, 0.6) is 0 Å². The second-order valence-electron chi connectivity index (χ2n) is 10.4. The van der Waals surface area contributed by atoms with Crippen LogP contribution >= 0.6 is 0 Å². The molecular weight excluding hydrogens is 983 g/mol. The molecule has 0 N–H and O–H groups in total. The minimum atomic E-state index is 0. The van der Waals surface area contributed by atoms with Crippen LogP contribution in [-0.2, 0) is 42.1 Å². The predicted octanol–water partition coefficient (Wildman–Crippen LogP) is 10.00. The van der Waals surface area contributed by atoms with E-state index in [0.717, 1.165) is 67.0 Å². The molecule has 6 aromatic heterocycles. The van der Waals surface area contributed by atoms with Gasteiger partial charge in [0.15, 0.2) is 0 Å². The second-order valence-corrected chi connectivity index (χ2v) is 10.4. The Labute approximate surface area is 318 Å². The molecule has 3 aromatic carbocycles. The largest absolute Gasteiger partial charge is 2.00 e. The van der Waals surface area contributed by atoms with Gasteiger partial charge >= 0.3 is 42.1 Å². The third-order valence-electron chi connectivity index (χ3n) is 7.24. The molecule has 0 saturated carbocycles. The molecule has 246 valence electrons. The van der Waals surface area contributed by atoms with Crippen molar-refractivity contribution in [2.24, 2.45) is 0 Å². The van der Waals surface area contributed by atoms with Crippen molar-refractivity contribution in [2.75, 3.05) is 0 Å². The van der Waals surface area contributed by atoms with Crippen molar-refractivity contribution in [2.45, 2.75) is 0 Å². The number of fused-ring (bicyclic) bond motifs is 2. The van der Waals surface area contributed by atoms with Crippen LogP contribution in [0.1, 0.15) is 0 Å². The zero-order valence-corrected chi connectivity index (χ0v) is 30.8. The van der Waals surface area contributed by atoms with Crippen molar-refractivity contribution < 1.29 is 51.0 Å². The molecule has 8 heteroatoms. The van der Waals surface area contributed by atoms with Crippen LogP contribution in [0, 0.1) is 24.3 Å². The normalized spacial score (nSPS) is 10.1. The van der Waals surface area contributed by atoms with Gasteiger partial charge < -0.3 is 8.83 Å². The van der Waals surface area contributed by atoms with Gasteiger partial charge in [-0.2, -0.15) is 16.8 Å². The quantitative estimate of drug-likeness (QED) is 0.164. The van der Waals surface area contributed by atoms with Crippen molar-refractivity contribution in [1.82, 2.24) is 19.9 Å². The predicted molar refractivity (Wildman–Crippen MR) is 187 cm³/mol. The molecule has 0 aliphatic heterocycles. The zero-order chi connectivity index (χ0) is 32.4. The Morgan fingerprint density at radius 3 is 1.02 bits per heavy atom. The van der Waals surface area contributed by atoms with Crippen molar-refractivity contribution in [3.8, 4) is 45.0 Å². The summed E-state index contributed by atoms with van der Waals surface area (Å²) >= 11 is 0. The van der Waals surface area contributed by atoms with Gasteiger partial charge in [0, 0.05) is 71.3 Å². The topological polar surface area (TPSA) is 77.8 Å². The van der Waals surface area contributed by atoms with E-state index >= 15 is 0 Å². The second kappa shape index (κ2) is 17.9. The van der Waals surface area contributed by atoms with E-state index in [2.05, 4.69) is 44.2 Å². The summed E-state index contributed by atoms with van der Waals surface area (Å²) in [7, 11) is 0. The summed E-state index contributed by atoms with van der Waals surface area (Å²) < 4.78 is 10.3. The fourth-order valence-electron chi connectivity index (χ4n) is 4.92. The Balaban J connectivity index is 0.000000146. The number of pyridine rings is 4. The number of furan rings is 2. The molecule has 0 fully saturated rings. The van der Waals surface area contributed by atoms with Crippen molar-refractivity contribution in [3.63, 3.8) is 0 Å². The number of aromatic nitrogens is 4. The van der Waals surface area contributed by atoms with E-state index in [1.807, 2.05) is 121 Å². The third kappa shape index (κ3) is 9.03. The maximum atomic E-state index is 5.17. The number of hydrogen-bond acceptors (Lipinski definition) is 6. The molecule has 0 unspecified atom stereocenters.